The number of carbonyl (C=O) groups is 1. The second kappa shape index (κ2) is 8.64. The molecule has 2 aromatic rings. The average molecular weight is 427 g/mol. The lowest BCUT2D eigenvalue weighted by atomic mass is 10.1. The summed E-state index contributed by atoms with van der Waals surface area (Å²) in [5.41, 5.74) is 2.75. The number of alkyl halides is 3. The molecular formula is C19H20F3N3O3S. The normalized spacial score (nSPS) is 12.2. The topological polar surface area (TPSA) is 78.8 Å². The van der Waals surface area contributed by atoms with E-state index < -0.39 is 34.2 Å². The molecule has 29 heavy (non-hydrogen) atoms. The lowest BCUT2D eigenvalue weighted by molar-refractivity contribution is -0.137. The molecule has 10 heteroatoms. The monoisotopic (exact) mass is 427 g/mol. The third-order valence-corrected chi connectivity index (χ3v) is 5.11. The van der Waals surface area contributed by atoms with Crippen LogP contribution in [0.25, 0.3) is 0 Å². The van der Waals surface area contributed by atoms with Crippen LogP contribution >= 0.6 is 0 Å². The zero-order valence-corrected chi connectivity index (χ0v) is 16.8. The fourth-order valence-corrected chi connectivity index (χ4v) is 3.48. The minimum atomic E-state index is -4.57. The summed E-state index contributed by atoms with van der Waals surface area (Å²) in [6.07, 6.45) is -2.74. The van der Waals surface area contributed by atoms with Crippen LogP contribution < -0.4 is 9.73 Å². The fraction of sp³-hybridized carbons (Fsp3) is 0.263. The highest BCUT2D eigenvalue weighted by molar-refractivity contribution is 7.92. The quantitative estimate of drug-likeness (QED) is 0.568. The summed E-state index contributed by atoms with van der Waals surface area (Å²) in [5, 5.41) is 3.54. The molecule has 2 rings (SSSR count). The van der Waals surface area contributed by atoms with E-state index in [1.54, 1.807) is 26.0 Å². The lowest BCUT2D eigenvalue weighted by Gasteiger charge is -2.23. The van der Waals surface area contributed by atoms with Crippen molar-refractivity contribution in [2.75, 3.05) is 17.1 Å². The molecule has 1 amide bonds. The summed E-state index contributed by atoms with van der Waals surface area (Å²) in [7, 11) is -3.78. The Morgan fingerprint density at radius 2 is 1.83 bits per heavy atom. The third kappa shape index (κ3) is 6.05. The molecule has 0 atom stereocenters. The Kier molecular flexibility index (Phi) is 6.68. The number of aryl methyl sites for hydroxylation is 2. The molecule has 0 unspecified atom stereocenters. The van der Waals surface area contributed by atoms with Crippen LogP contribution in [0, 0.1) is 13.8 Å². The molecule has 0 radical (unpaired) electrons. The van der Waals surface area contributed by atoms with E-state index in [1.165, 1.54) is 18.2 Å². The van der Waals surface area contributed by atoms with Crippen molar-refractivity contribution in [1.82, 2.24) is 5.43 Å². The van der Waals surface area contributed by atoms with Crippen molar-refractivity contribution in [2.45, 2.75) is 20.0 Å². The molecule has 0 aliphatic carbocycles. The first-order chi connectivity index (χ1) is 13.4. The molecule has 2 aromatic carbocycles. The van der Waals surface area contributed by atoms with Crippen LogP contribution in [0.15, 0.2) is 47.6 Å². The van der Waals surface area contributed by atoms with Crippen LogP contribution in [-0.2, 0) is 21.0 Å². The van der Waals surface area contributed by atoms with E-state index in [1.807, 2.05) is 6.07 Å². The van der Waals surface area contributed by atoms with Crippen molar-refractivity contribution in [1.29, 1.82) is 0 Å². The zero-order valence-electron chi connectivity index (χ0n) is 16.0. The number of hydrazone groups is 1. The Morgan fingerprint density at radius 1 is 1.17 bits per heavy atom. The maximum atomic E-state index is 13.0. The molecular weight excluding hydrogens is 407 g/mol. The molecule has 1 N–H and O–H groups in total. The van der Waals surface area contributed by atoms with Crippen LogP contribution in [0.1, 0.15) is 22.3 Å². The number of sulfonamides is 1. The molecule has 0 aliphatic rings. The minimum absolute atomic E-state index is 0.227. The highest BCUT2D eigenvalue weighted by atomic mass is 32.2. The van der Waals surface area contributed by atoms with Gasteiger partial charge < -0.3 is 0 Å². The smallest absolute Gasteiger partial charge is 0.271 e. The van der Waals surface area contributed by atoms with Gasteiger partial charge in [-0.05, 0) is 37.1 Å². The number of anilines is 1. The summed E-state index contributed by atoms with van der Waals surface area (Å²) in [6.45, 7) is 2.92. The summed E-state index contributed by atoms with van der Waals surface area (Å²) >= 11 is 0. The van der Waals surface area contributed by atoms with E-state index in [2.05, 4.69) is 10.5 Å². The van der Waals surface area contributed by atoms with Gasteiger partial charge in [-0.1, -0.05) is 30.3 Å². The second-order valence-electron chi connectivity index (χ2n) is 6.44. The van der Waals surface area contributed by atoms with E-state index in [-0.39, 0.29) is 5.56 Å². The van der Waals surface area contributed by atoms with Crippen molar-refractivity contribution in [3.05, 3.63) is 64.7 Å². The van der Waals surface area contributed by atoms with Crippen molar-refractivity contribution in [2.24, 2.45) is 5.10 Å². The first-order valence-corrected chi connectivity index (χ1v) is 10.3. The maximum Gasteiger partial charge on any atom is 0.417 e. The Bertz CT molecular complexity index is 1030. The molecule has 156 valence electrons. The van der Waals surface area contributed by atoms with E-state index in [0.717, 1.165) is 28.4 Å². The van der Waals surface area contributed by atoms with Crippen molar-refractivity contribution in [3.8, 4) is 0 Å². The van der Waals surface area contributed by atoms with Crippen molar-refractivity contribution >= 4 is 27.8 Å². The molecule has 0 fully saturated rings. The van der Waals surface area contributed by atoms with Gasteiger partial charge in [-0.3, -0.25) is 9.10 Å². The predicted molar refractivity (Wildman–Crippen MR) is 105 cm³/mol. The number of nitrogens with zero attached hydrogens (tertiary/aromatic N) is 2. The second-order valence-corrected chi connectivity index (χ2v) is 8.34. The van der Waals surface area contributed by atoms with Gasteiger partial charge in [0.1, 0.15) is 6.54 Å². The van der Waals surface area contributed by atoms with E-state index in [4.69, 9.17) is 0 Å². The lowest BCUT2D eigenvalue weighted by Crippen LogP contribution is -2.39. The summed E-state index contributed by atoms with van der Waals surface area (Å²) in [6, 6.07) is 9.92. The van der Waals surface area contributed by atoms with Gasteiger partial charge >= 0.3 is 6.18 Å². The Balaban J connectivity index is 2.19. The molecule has 0 aliphatic heterocycles. The standard InChI is InChI=1S/C19H20F3N3O3S/c1-13-8-9-14(2)17(10-13)25(29(3,27)28)12-18(26)24-23-11-15-6-4-5-7-16(15)19(20,21)22/h4-11H,12H2,1-3H3,(H,24,26)/b23-11-. The fourth-order valence-electron chi connectivity index (χ4n) is 2.58. The summed E-state index contributed by atoms with van der Waals surface area (Å²) in [4.78, 5) is 12.2. The Hall–Kier alpha value is -2.88. The number of hydrogen-bond donors (Lipinski definition) is 1. The Labute approximate surface area is 167 Å². The van der Waals surface area contributed by atoms with Gasteiger partial charge in [0.15, 0.2) is 0 Å². The largest absolute Gasteiger partial charge is 0.417 e. The van der Waals surface area contributed by atoms with Gasteiger partial charge in [0.2, 0.25) is 10.0 Å². The summed E-state index contributed by atoms with van der Waals surface area (Å²) in [5.74, 6) is -0.794. The van der Waals surface area contributed by atoms with Gasteiger partial charge in [0.05, 0.1) is 23.7 Å². The van der Waals surface area contributed by atoms with E-state index in [0.29, 0.717) is 11.3 Å². The third-order valence-electron chi connectivity index (χ3n) is 3.98. The van der Waals surface area contributed by atoms with E-state index >= 15 is 0 Å². The first kappa shape index (κ1) is 22.4. The average Bonchev–Trinajstić information content (AvgIpc) is 2.60. The van der Waals surface area contributed by atoms with Crippen LogP contribution in [0.3, 0.4) is 0 Å². The Morgan fingerprint density at radius 3 is 2.45 bits per heavy atom. The highest BCUT2D eigenvalue weighted by Crippen LogP contribution is 2.31. The minimum Gasteiger partial charge on any atom is -0.271 e. The first-order valence-electron chi connectivity index (χ1n) is 8.42. The zero-order chi connectivity index (χ0) is 21.8. The summed E-state index contributed by atoms with van der Waals surface area (Å²) < 4.78 is 64.2. The molecule has 0 heterocycles. The predicted octanol–water partition coefficient (Wildman–Crippen LogP) is 3.24. The van der Waals surface area contributed by atoms with Crippen molar-refractivity contribution < 1.29 is 26.4 Å². The van der Waals surface area contributed by atoms with Crippen LogP contribution in [-0.4, -0.2) is 33.3 Å². The molecule has 6 nitrogen and oxygen atoms in total. The molecule has 0 spiro atoms. The molecule has 0 aromatic heterocycles. The molecule has 0 bridgehead atoms. The number of halogens is 3. The van der Waals surface area contributed by atoms with Gasteiger partial charge in [-0.15, -0.1) is 0 Å². The molecule has 0 saturated carbocycles. The number of rotatable bonds is 6. The number of hydrogen-bond acceptors (Lipinski definition) is 4. The van der Waals surface area contributed by atoms with Gasteiger partial charge in [-0.25, -0.2) is 13.8 Å². The number of amides is 1. The van der Waals surface area contributed by atoms with Gasteiger partial charge in [0, 0.05) is 5.56 Å². The van der Waals surface area contributed by atoms with Crippen molar-refractivity contribution in [3.63, 3.8) is 0 Å². The number of nitrogens with one attached hydrogen (secondary N) is 1. The van der Waals surface area contributed by atoms with Crippen LogP contribution in [0.4, 0.5) is 18.9 Å². The van der Waals surface area contributed by atoms with Gasteiger partial charge in [-0.2, -0.15) is 18.3 Å². The maximum absolute atomic E-state index is 13.0. The number of carbonyl (C=O) groups excluding carboxylic acids is 1. The van der Waals surface area contributed by atoms with Crippen LogP contribution in [0.5, 0.6) is 0 Å². The molecule has 0 saturated heterocycles. The van der Waals surface area contributed by atoms with E-state index in [9.17, 15) is 26.4 Å². The highest BCUT2D eigenvalue weighted by Gasteiger charge is 2.32. The number of benzene rings is 2. The van der Waals surface area contributed by atoms with Gasteiger partial charge in [0.25, 0.3) is 5.91 Å². The SMILES string of the molecule is Cc1ccc(C)c(N(CC(=O)N/N=C\c2ccccc2C(F)(F)F)S(C)(=O)=O)c1. The van der Waals surface area contributed by atoms with Crippen LogP contribution in [0.2, 0.25) is 0 Å².